The van der Waals surface area contributed by atoms with Gasteiger partial charge in [0.25, 0.3) is 0 Å². The molecule has 1 aromatic carbocycles. The molecule has 0 bridgehead atoms. The summed E-state index contributed by atoms with van der Waals surface area (Å²) < 4.78 is 5.16. The third kappa shape index (κ3) is 2.40. The summed E-state index contributed by atoms with van der Waals surface area (Å²) in [5.41, 5.74) is 7.29. The van der Waals surface area contributed by atoms with E-state index in [9.17, 15) is 5.11 Å². The third-order valence-electron chi connectivity index (χ3n) is 2.42. The van der Waals surface area contributed by atoms with Crippen LogP contribution in [0.25, 0.3) is 10.6 Å². The van der Waals surface area contributed by atoms with Crippen molar-refractivity contribution in [3.63, 3.8) is 0 Å². The highest BCUT2D eigenvalue weighted by molar-refractivity contribution is 7.15. The zero-order chi connectivity index (χ0) is 12.4. The molecule has 2 rings (SSSR count). The van der Waals surface area contributed by atoms with Gasteiger partial charge in [-0.15, -0.1) is 11.3 Å². The van der Waals surface area contributed by atoms with Crippen LogP contribution >= 0.6 is 11.3 Å². The molecule has 90 valence electrons. The van der Waals surface area contributed by atoms with Crippen LogP contribution in [0.1, 0.15) is 17.9 Å². The zero-order valence-corrected chi connectivity index (χ0v) is 10.5. The highest BCUT2D eigenvalue weighted by Crippen LogP contribution is 2.32. The molecule has 0 fully saturated rings. The van der Waals surface area contributed by atoms with Crippen LogP contribution in [0.4, 0.5) is 5.69 Å². The van der Waals surface area contributed by atoms with Gasteiger partial charge in [-0.1, -0.05) is 0 Å². The molecule has 17 heavy (non-hydrogen) atoms. The van der Waals surface area contributed by atoms with Crippen molar-refractivity contribution >= 4 is 17.0 Å². The average molecular weight is 250 g/mol. The summed E-state index contributed by atoms with van der Waals surface area (Å²) in [5, 5.41) is 10.3. The van der Waals surface area contributed by atoms with E-state index >= 15 is 0 Å². The van der Waals surface area contributed by atoms with Gasteiger partial charge < -0.3 is 15.6 Å². The normalized spacial score (nSPS) is 12.4. The van der Waals surface area contributed by atoms with E-state index in [1.165, 1.54) is 11.3 Å². The third-order valence-corrected chi connectivity index (χ3v) is 3.63. The van der Waals surface area contributed by atoms with E-state index in [1.54, 1.807) is 26.3 Å². The predicted molar refractivity (Wildman–Crippen MR) is 69.1 cm³/mol. The number of thiazole rings is 1. The Kier molecular flexibility index (Phi) is 3.31. The number of anilines is 1. The van der Waals surface area contributed by atoms with Crippen molar-refractivity contribution in [3.05, 3.63) is 29.3 Å². The fourth-order valence-electron chi connectivity index (χ4n) is 1.46. The molecule has 2 aromatic rings. The molecular formula is C12H14N2O2S. The highest BCUT2D eigenvalue weighted by Gasteiger charge is 2.10. The first-order valence-electron chi connectivity index (χ1n) is 5.19. The number of nitrogens with two attached hydrogens (primary N) is 1. The summed E-state index contributed by atoms with van der Waals surface area (Å²) in [7, 11) is 1.58. The Bertz CT molecular complexity index is 523. The molecule has 3 N–H and O–H groups in total. The van der Waals surface area contributed by atoms with Crippen LogP contribution in [0, 0.1) is 0 Å². The minimum Gasteiger partial charge on any atom is -0.495 e. The van der Waals surface area contributed by atoms with Crippen molar-refractivity contribution in [2.24, 2.45) is 0 Å². The molecule has 0 aliphatic rings. The monoisotopic (exact) mass is 250 g/mol. The lowest BCUT2D eigenvalue weighted by atomic mass is 10.2. The van der Waals surface area contributed by atoms with Gasteiger partial charge in [-0.25, -0.2) is 4.98 Å². The number of nitrogens with zero attached hydrogens (tertiary/aromatic N) is 1. The molecule has 1 atom stereocenters. The van der Waals surface area contributed by atoms with Gasteiger partial charge in [0, 0.05) is 11.8 Å². The van der Waals surface area contributed by atoms with Gasteiger partial charge in [0.2, 0.25) is 0 Å². The van der Waals surface area contributed by atoms with Crippen molar-refractivity contribution in [2.45, 2.75) is 13.0 Å². The summed E-state index contributed by atoms with van der Waals surface area (Å²) in [6, 6.07) is 5.53. The van der Waals surface area contributed by atoms with Crippen LogP contribution in [0.15, 0.2) is 24.4 Å². The number of rotatable bonds is 3. The number of hydrogen-bond donors (Lipinski definition) is 2. The molecule has 0 saturated heterocycles. The molecule has 4 nitrogen and oxygen atoms in total. The molecule has 1 heterocycles. The van der Waals surface area contributed by atoms with Crippen LogP contribution in [0.3, 0.4) is 0 Å². The Hall–Kier alpha value is -1.59. The second-order valence-corrected chi connectivity index (χ2v) is 4.76. The molecule has 0 aliphatic heterocycles. The molecule has 0 amide bonds. The molecule has 1 aromatic heterocycles. The zero-order valence-electron chi connectivity index (χ0n) is 9.68. The maximum Gasteiger partial charge on any atom is 0.142 e. The SMILES string of the molecule is COc1cc(-c2ncc([C@H](C)O)s2)ccc1N. The first-order chi connectivity index (χ1) is 8.11. The van der Waals surface area contributed by atoms with Crippen LogP contribution in [0.2, 0.25) is 0 Å². The van der Waals surface area contributed by atoms with Crippen LogP contribution in [-0.4, -0.2) is 17.2 Å². The molecule has 5 heteroatoms. The summed E-state index contributed by atoms with van der Waals surface area (Å²) in [6.45, 7) is 1.72. The van der Waals surface area contributed by atoms with E-state index in [2.05, 4.69) is 4.98 Å². The maximum atomic E-state index is 9.45. The largest absolute Gasteiger partial charge is 0.495 e. The van der Waals surface area contributed by atoms with E-state index in [-0.39, 0.29) is 0 Å². The van der Waals surface area contributed by atoms with Gasteiger partial charge in [0.05, 0.1) is 23.8 Å². The fourth-order valence-corrected chi connectivity index (χ4v) is 2.31. The van der Waals surface area contributed by atoms with Crippen molar-refractivity contribution in [2.75, 3.05) is 12.8 Å². The minimum absolute atomic E-state index is 0.489. The fraction of sp³-hybridized carbons (Fsp3) is 0.250. The Balaban J connectivity index is 2.38. The van der Waals surface area contributed by atoms with Crippen LogP contribution in [-0.2, 0) is 0 Å². The number of aliphatic hydroxyl groups is 1. The number of benzene rings is 1. The quantitative estimate of drug-likeness (QED) is 0.821. The summed E-state index contributed by atoms with van der Waals surface area (Å²) in [4.78, 5) is 5.12. The number of hydrogen-bond acceptors (Lipinski definition) is 5. The van der Waals surface area contributed by atoms with Gasteiger partial charge >= 0.3 is 0 Å². The van der Waals surface area contributed by atoms with Gasteiger partial charge in [-0.3, -0.25) is 0 Å². The van der Waals surface area contributed by atoms with E-state index in [0.29, 0.717) is 11.4 Å². The first-order valence-corrected chi connectivity index (χ1v) is 6.01. The van der Waals surface area contributed by atoms with E-state index in [4.69, 9.17) is 10.5 Å². The molecule has 0 aliphatic carbocycles. The van der Waals surface area contributed by atoms with E-state index < -0.39 is 6.10 Å². The number of aromatic nitrogens is 1. The first kappa shape index (κ1) is 11.9. The van der Waals surface area contributed by atoms with E-state index in [1.807, 2.05) is 12.1 Å². The molecule has 0 radical (unpaired) electrons. The lowest BCUT2D eigenvalue weighted by Crippen LogP contribution is -1.92. The van der Waals surface area contributed by atoms with Gasteiger partial charge in [0.1, 0.15) is 10.8 Å². The van der Waals surface area contributed by atoms with Crippen molar-refractivity contribution < 1.29 is 9.84 Å². The topological polar surface area (TPSA) is 68.4 Å². The van der Waals surface area contributed by atoms with E-state index in [0.717, 1.165) is 15.4 Å². The Morgan fingerprint density at radius 2 is 2.24 bits per heavy atom. The molecular weight excluding hydrogens is 236 g/mol. The standard InChI is InChI=1S/C12H14N2O2S/c1-7(15)11-6-14-12(17-11)8-3-4-9(13)10(5-8)16-2/h3-7,15H,13H2,1-2H3/t7-/m0/s1. The second-order valence-electron chi connectivity index (χ2n) is 3.70. The number of methoxy groups -OCH3 is 1. The minimum atomic E-state index is -0.489. The highest BCUT2D eigenvalue weighted by atomic mass is 32.1. The number of ether oxygens (including phenoxy) is 1. The lowest BCUT2D eigenvalue weighted by Gasteiger charge is -2.05. The van der Waals surface area contributed by atoms with Gasteiger partial charge in [-0.2, -0.15) is 0 Å². The number of aliphatic hydroxyl groups excluding tert-OH is 1. The summed E-state index contributed by atoms with van der Waals surface area (Å²) in [6.07, 6.45) is 1.20. The second kappa shape index (κ2) is 4.73. The van der Waals surface area contributed by atoms with Crippen LogP contribution in [0.5, 0.6) is 5.75 Å². The Morgan fingerprint density at radius 3 is 2.82 bits per heavy atom. The number of nitrogen functional groups attached to an aromatic ring is 1. The Morgan fingerprint density at radius 1 is 1.47 bits per heavy atom. The Labute approximate surface area is 104 Å². The molecule has 0 unspecified atom stereocenters. The lowest BCUT2D eigenvalue weighted by molar-refractivity contribution is 0.203. The molecule has 0 spiro atoms. The van der Waals surface area contributed by atoms with Gasteiger partial charge in [0.15, 0.2) is 0 Å². The van der Waals surface area contributed by atoms with Crippen molar-refractivity contribution in [1.82, 2.24) is 4.98 Å². The maximum absolute atomic E-state index is 9.45. The average Bonchev–Trinajstić information content (AvgIpc) is 2.79. The predicted octanol–water partition coefficient (Wildman–Crippen LogP) is 2.45. The van der Waals surface area contributed by atoms with Crippen molar-refractivity contribution in [1.29, 1.82) is 0 Å². The smallest absolute Gasteiger partial charge is 0.142 e. The van der Waals surface area contributed by atoms with Crippen molar-refractivity contribution in [3.8, 4) is 16.3 Å². The van der Waals surface area contributed by atoms with Gasteiger partial charge in [-0.05, 0) is 25.1 Å². The summed E-state index contributed by atoms with van der Waals surface area (Å²) in [5.74, 6) is 0.635. The molecule has 0 saturated carbocycles. The van der Waals surface area contributed by atoms with Crippen LogP contribution < -0.4 is 10.5 Å². The summed E-state index contributed by atoms with van der Waals surface area (Å²) >= 11 is 1.46.